The first-order chi connectivity index (χ1) is 8.42. The summed E-state index contributed by atoms with van der Waals surface area (Å²) < 4.78 is 0. The maximum atomic E-state index is 11.7. The number of hydrogen-bond acceptors (Lipinski definition) is 5. The molecule has 0 saturated heterocycles. The quantitative estimate of drug-likeness (QED) is 0.891. The van der Waals surface area contributed by atoms with Crippen LogP contribution >= 0.6 is 23.2 Å². The number of likely N-dealkylation sites (N-methyl/N-ethyl adjacent to an activating group) is 1. The van der Waals surface area contributed by atoms with E-state index in [1.165, 1.54) is 0 Å². The van der Waals surface area contributed by atoms with E-state index < -0.39 is 0 Å². The lowest BCUT2D eigenvalue weighted by molar-refractivity contribution is -0.120. The lowest BCUT2D eigenvalue weighted by Crippen LogP contribution is -2.40. The van der Waals surface area contributed by atoms with Gasteiger partial charge in [0.1, 0.15) is 0 Å². The Hall–Kier alpha value is -1.14. The average Bonchev–Trinajstić information content (AvgIpc) is 2.23. The molecule has 6 nitrogen and oxygen atoms in total. The minimum Gasteiger partial charge on any atom is -0.352 e. The highest BCUT2D eigenvalue weighted by molar-refractivity contribution is 6.31. The molecule has 1 aromatic heterocycles. The molecular weight excluding hydrogens is 277 g/mol. The highest BCUT2D eigenvalue weighted by atomic mass is 35.5. The number of nitrogens with one attached hydrogen (secondary N) is 1. The van der Waals surface area contributed by atoms with Crippen LogP contribution in [0.4, 0.5) is 5.95 Å². The van der Waals surface area contributed by atoms with Crippen LogP contribution in [0.2, 0.25) is 10.6 Å². The lowest BCUT2D eigenvalue weighted by Gasteiger charge is -2.20. The molecule has 0 saturated carbocycles. The predicted octanol–water partition coefficient (Wildman–Crippen LogP) is 1.53. The maximum absolute atomic E-state index is 11.7. The topological polar surface area (TPSA) is 71.0 Å². The van der Waals surface area contributed by atoms with Gasteiger partial charge in [-0.05, 0) is 44.0 Å². The molecule has 1 rings (SSSR count). The zero-order valence-corrected chi connectivity index (χ0v) is 12.0. The molecule has 0 radical (unpaired) electrons. The highest BCUT2D eigenvalue weighted by Gasteiger charge is 2.14. The molecule has 0 spiro atoms. The van der Waals surface area contributed by atoms with E-state index in [-0.39, 0.29) is 29.1 Å². The summed E-state index contributed by atoms with van der Waals surface area (Å²) in [5.41, 5.74) is 0. The molecular formula is C10H15Cl2N5O. The number of amides is 1. The summed E-state index contributed by atoms with van der Waals surface area (Å²) in [6.07, 6.45) is 0. The van der Waals surface area contributed by atoms with Crippen LogP contribution < -0.4 is 10.2 Å². The molecule has 0 aliphatic heterocycles. The van der Waals surface area contributed by atoms with Crippen LogP contribution in [-0.4, -0.2) is 40.0 Å². The first-order valence-electron chi connectivity index (χ1n) is 5.53. The second-order valence-electron chi connectivity index (χ2n) is 3.91. The van der Waals surface area contributed by atoms with Crippen molar-refractivity contribution in [1.82, 2.24) is 20.3 Å². The summed E-state index contributed by atoms with van der Waals surface area (Å²) in [5, 5.41) is 2.80. The van der Waals surface area contributed by atoms with Crippen molar-refractivity contribution in [2.45, 2.75) is 26.8 Å². The van der Waals surface area contributed by atoms with Gasteiger partial charge in [-0.2, -0.15) is 15.0 Å². The van der Waals surface area contributed by atoms with Crippen LogP contribution in [0.5, 0.6) is 0 Å². The fourth-order valence-corrected chi connectivity index (χ4v) is 1.68. The SMILES string of the molecule is CCN(CC(=O)NC(C)C)c1nc(Cl)nc(Cl)n1. The smallest absolute Gasteiger partial charge is 0.239 e. The summed E-state index contributed by atoms with van der Waals surface area (Å²) in [4.78, 5) is 24.9. The number of carbonyl (C=O) groups excluding carboxylic acids is 1. The monoisotopic (exact) mass is 291 g/mol. The zero-order valence-electron chi connectivity index (χ0n) is 10.4. The first kappa shape index (κ1) is 14.9. The Morgan fingerprint density at radius 2 is 1.83 bits per heavy atom. The van der Waals surface area contributed by atoms with Gasteiger partial charge in [-0.25, -0.2) is 0 Å². The van der Waals surface area contributed by atoms with E-state index in [1.807, 2.05) is 20.8 Å². The normalized spacial score (nSPS) is 10.6. The van der Waals surface area contributed by atoms with E-state index in [0.717, 1.165) is 0 Å². The molecule has 0 aliphatic carbocycles. The zero-order chi connectivity index (χ0) is 13.7. The van der Waals surface area contributed by atoms with Crippen molar-refractivity contribution in [3.8, 4) is 0 Å². The minimum atomic E-state index is -0.112. The molecule has 0 fully saturated rings. The Morgan fingerprint density at radius 3 is 2.28 bits per heavy atom. The van der Waals surface area contributed by atoms with Gasteiger partial charge in [0.05, 0.1) is 6.54 Å². The Balaban J connectivity index is 2.79. The van der Waals surface area contributed by atoms with Crippen LogP contribution in [0.3, 0.4) is 0 Å². The van der Waals surface area contributed by atoms with Crippen molar-refractivity contribution in [1.29, 1.82) is 0 Å². The Morgan fingerprint density at radius 1 is 1.28 bits per heavy atom. The molecule has 0 unspecified atom stereocenters. The third-order valence-electron chi connectivity index (χ3n) is 2.02. The molecule has 8 heteroatoms. The van der Waals surface area contributed by atoms with Gasteiger partial charge >= 0.3 is 0 Å². The number of nitrogens with zero attached hydrogens (tertiary/aromatic N) is 4. The molecule has 1 amide bonds. The minimum absolute atomic E-state index is 0.00715. The molecule has 1 aromatic rings. The van der Waals surface area contributed by atoms with Crippen molar-refractivity contribution < 1.29 is 4.79 Å². The van der Waals surface area contributed by atoms with Crippen LogP contribution in [0.15, 0.2) is 0 Å². The van der Waals surface area contributed by atoms with Gasteiger partial charge in [0.15, 0.2) is 0 Å². The molecule has 0 aromatic carbocycles. The third-order valence-corrected chi connectivity index (χ3v) is 2.36. The second kappa shape index (κ2) is 6.70. The molecule has 0 bridgehead atoms. The maximum Gasteiger partial charge on any atom is 0.239 e. The number of aromatic nitrogens is 3. The fourth-order valence-electron chi connectivity index (χ4n) is 1.32. The number of hydrogen-bond donors (Lipinski definition) is 1. The van der Waals surface area contributed by atoms with E-state index in [9.17, 15) is 4.79 Å². The third kappa shape index (κ3) is 4.62. The second-order valence-corrected chi connectivity index (χ2v) is 4.59. The summed E-state index contributed by atoms with van der Waals surface area (Å²) in [6.45, 7) is 6.37. The summed E-state index contributed by atoms with van der Waals surface area (Å²) in [6, 6.07) is 0.0849. The Bertz CT molecular complexity index is 406. The van der Waals surface area contributed by atoms with Crippen LogP contribution in [0, 0.1) is 0 Å². The summed E-state index contributed by atoms with van der Waals surface area (Å²) in [5.74, 6) is 0.181. The number of rotatable bonds is 5. The molecule has 1 heterocycles. The van der Waals surface area contributed by atoms with Gasteiger partial charge < -0.3 is 10.2 Å². The number of anilines is 1. The van der Waals surface area contributed by atoms with E-state index in [2.05, 4.69) is 20.3 Å². The lowest BCUT2D eigenvalue weighted by atomic mass is 10.4. The highest BCUT2D eigenvalue weighted by Crippen LogP contribution is 2.13. The van der Waals surface area contributed by atoms with Gasteiger partial charge in [-0.3, -0.25) is 4.79 Å². The average molecular weight is 292 g/mol. The van der Waals surface area contributed by atoms with Gasteiger partial charge in [0.25, 0.3) is 0 Å². The van der Waals surface area contributed by atoms with Crippen molar-refractivity contribution in [3.05, 3.63) is 10.6 Å². The van der Waals surface area contributed by atoms with Crippen molar-refractivity contribution in [2.24, 2.45) is 0 Å². The van der Waals surface area contributed by atoms with E-state index >= 15 is 0 Å². The first-order valence-corrected chi connectivity index (χ1v) is 6.29. The number of carbonyl (C=O) groups is 1. The molecule has 18 heavy (non-hydrogen) atoms. The van der Waals surface area contributed by atoms with Crippen molar-refractivity contribution in [3.63, 3.8) is 0 Å². The largest absolute Gasteiger partial charge is 0.352 e. The van der Waals surface area contributed by atoms with Crippen LogP contribution in [0.25, 0.3) is 0 Å². The standard InChI is InChI=1S/C10H15Cl2N5O/c1-4-17(5-7(18)13-6(2)3)10-15-8(11)14-9(12)16-10/h6H,4-5H2,1-3H3,(H,13,18). The van der Waals surface area contributed by atoms with E-state index in [1.54, 1.807) is 4.90 Å². The van der Waals surface area contributed by atoms with Gasteiger partial charge in [0.2, 0.25) is 22.4 Å². The summed E-state index contributed by atoms with van der Waals surface area (Å²) in [7, 11) is 0. The van der Waals surface area contributed by atoms with E-state index in [4.69, 9.17) is 23.2 Å². The van der Waals surface area contributed by atoms with Gasteiger partial charge in [-0.1, -0.05) is 0 Å². The molecule has 1 N–H and O–H groups in total. The van der Waals surface area contributed by atoms with Crippen molar-refractivity contribution >= 4 is 35.1 Å². The molecule has 100 valence electrons. The van der Waals surface area contributed by atoms with Crippen molar-refractivity contribution in [2.75, 3.05) is 18.0 Å². The molecule has 0 aliphatic rings. The Kier molecular flexibility index (Phi) is 5.55. The summed E-state index contributed by atoms with van der Waals surface area (Å²) >= 11 is 11.4. The van der Waals surface area contributed by atoms with E-state index in [0.29, 0.717) is 12.5 Å². The van der Waals surface area contributed by atoms with Crippen LogP contribution in [-0.2, 0) is 4.79 Å². The number of halogens is 2. The van der Waals surface area contributed by atoms with Crippen LogP contribution in [0.1, 0.15) is 20.8 Å². The Labute approximate surface area is 116 Å². The van der Waals surface area contributed by atoms with Gasteiger partial charge in [-0.15, -0.1) is 0 Å². The predicted molar refractivity (Wildman–Crippen MR) is 71.0 cm³/mol. The fraction of sp³-hybridized carbons (Fsp3) is 0.600. The molecule has 0 atom stereocenters. The van der Waals surface area contributed by atoms with Gasteiger partial charge in [0, 0.05) is 12.6 Å².